The van der Waals surface area contributed by atoms with E-state index in [1.807, 2.05) is 78.2 Å². The fraction of sp³-hybridized carbons (Fsp3) is 0.308. The molecule has 1 aliphatic carbocycles. The lowest BCUT2D eigenvalue weighted by molar-refractivity contribution is -0.286. The minimum Gasteiger partial charge on any atom is -0.395 e. The molecule has 1 N–H and O–H groups in total. The number of fused-ring (bicyclic) bond motifs is 4. The molecule has 1 amide bonds. The molecule has 3 aliphatic rings. The van der Waals surface area contributed by atoms with Crippen LogP contribution in [0.15, 0.2) is 97.1 Å². The van der Waals surface area contributed by atoms with Crippen LogP contribution in [0.4, 0.5) is 18.9 Å². The lowest BCUT2D eigenvalue weighted by Crippen LogP contribution is -2.45. The van der Waals surface area contributed by atoms with Gasteiger partial charge in [-0.3, -0.25) is 4.79 Å². The predicted octanol–water partition coefficient (Wildman–Crippen LogP) is 7.82. The molecule has 8 rings (SSSR count). The molecular formula is C39H35F3N2O6. The summed E-state index contributed by atoms with van der Waals surface area (Å²) in [5.74, 6) is -1.27. The molecule has 2 unspecified atom stereocenters. The fourth-order valence-electron chi connectivity index (χ4n) is 6.96. The van der Waals surface area contributed by atoms with Crippen molar-refractivity contribution in [3.8, 4) is 11.5 Å². The Kier molecular flexibility index (Phi) is 8.08. The lowest BCUT2D eigenvalue weighted by atomic mass is 9.94. The van der Waals surface area contributed by atoms with Gasteiger partial charge in [-0.2, -0.15) is 0 Å². The van der Waals surface area contributed by atoms with E-state index in [2.05, 4.69) is 14.8 Å². The fourth-order valence-corrected chi connectivity index (χ4v) is 6.96. The van der Waals surface area contributed by atoms with Crippen molar-refractivity contribution >= 4 is 22.5 Å². The standard InChI is InChI=1S/C39H35F3N2O6/c1-37(24-47-22-26-10-6-3-7-11-26)35-17-27-16-31(43-36(45)38(14-15-38)28-12-13-33-34(18-28)50-39(41,42)49-33)30(40)19-32(27)44(35)20-29(48-37)23-46-21-25-8-4-2-5-9-25/h2-13,16-19,29H,14-15,20-24H2,1H3,(H,43,45). The number of aromatic nitrogens is 1. The number of rotatable bonds is 11. The average molecular weight is 685 g/mol. The van der Waals surface area contributed by atoms with Gasteiger partial charge in [-0.1, -0.05) is 66.7 Å². The maximum absolute atomic E-state index is 15.8. The van der Waals surface area contributed by atoms with Crippen LogP contribution in [0.25, 0.3) is 10.9 Å². The summed E-state index contributed by atoms with van der Waals surface area (Å²) in [5.41, 5.74) is 2.19. The van der Waals surface area contributed by atoms with Crippen molar-refractivity contribution in [1.82, 2.24) is 4.57 Å². The van der Waals surface area contributed by atoms with Crippen LogP contribution in [0.2, 0.25) is 0 Å². The highest BCUT2D eigenvalue weighted by molar-refractivity contribution is 6.03. The molecule has 8 nitrogen and oxygen atoms in total. The number of nitrogens with zero attached hydrogens (tertiary/aromatic N) is 1. The Balaban J connectivity index is 1.05. The first-order chi connectivity index (χ1) is 24.1. The zero-order valence-corrected chi connectivity index (χ0v) is 27.3. The molecule has 11 heteroatoms. The zero-order valence-electron chi connectivity index (χ0n) is 27.3. The number of nitrogens with one attached hydrogen (secondary N) is 1. The molecule has 0 bridgehead atoms. The number of halogens is 3. The minimum absolute atomic E-state index is 0.0229. The number of carbonyl (C=O) groups excluding carboxylic acids is 1. The van der Waals surface area contributed by atoms with Crippen LogP contribution < -0.4 is 14.8 Å². The van der Waals surface area contributed by atoms with Crippen LogP contribution >= 0.6 is 0 Å². The summed E-state index contributed by atoms with van der Waals surface area (Å²) in [4.78, 5) is 13.6. The number of anilines is 1. The summed E-state index contributed by atoms with van der Waals surface area (Å²) in [6.45, 7) is 3.77. The molecule has 5 aromatic rings. The van der Waals surface area contributed by atoms with E-state index in [1.54, 1.807) is 12.1 Å². The second-order valence-electron chi connectivity index (χ2n) is 13.3. The van der Waals surface area contributed by atoms with Gasteiger partial charge in [0.15, 0.2) is 11.5 Å². The molecule has 1 fully saturated rings. The molecule has 0 saturated heterocycles. The monoisotopic (exact) mass is 684 g/mol. The van der Waals surface area contributed by atoms with Gasteiger partial charge in [0, 0.05) is 11.5 Å². The van der Waals surface area contributed by atoms with Gasteiger partial charge in [-0.15, -0.1) is 8.78 Å². The number of carbonyl (C=O) groups is 1. The maximum Gasteiger partial charge on any atom is 0.586 e. The Morgan fingerprint density at radius 2 is 1.56 bits per heavy atom. The number of hydrogen-bond donors (Lipinski definition) is 1. The zero-order chi connectivity index (χ0) is 34.5. The summed E-state index contributed by atoms with van der Waals surface area (Å²) in [6.07, 6.45) is -3.15. The van der Waals surface area contributed by atoms with Gasteiger partial charge >= 0.3 is 6.29 Å². The Bertz CT molecular complexity index is 2050. The van der Waals surface area contributed by atoms with Crippen LogP contribution in [0, 0.1) is 5.82 Å². The highest BCUT2D eigenvalue weighted by Gasteiger charge is 2.53. The Labute approximate surface area is 286 Å². The highest BCUT2D eigenvalue weighted by atomic mass is 19.3. The third-order valence-electron chi connectivity index (χ3n) is 9.64. The highest BCUT2D eigenvalue weighted by Crippen LogP contribution is 2.52. The van der Waals surface area contributed by atoms with Crippen molar-refractivity contribution in [3.63, 3.8) is 0 Å². The van der Waals surface area contributed by atoms with E-state index in [0.29, 0.717) is 50.3 Å². The number of alkyl halides is 2. The summed E-state index contributed by atoms with van der Waals surface area (Å²) < 4.78 is 73.2. The number of amides is 1. The lowest BCUT2D eigenvalue weighted by Gasteiger charge is -2.40. The molecule has 258 valence electrons. The van der Waals surface area contributed by atoms with Gasteiger partial charge in [0.2, 0.25) is 5.91 Å². The quantitative estimate of drug-likeness (QED) is 0.153. The molecule has 1 aromatic heterocycles. The second-order valence-corrected chi connectivity index (χ2v) is 13.3. The molecule has 3 heterocycles. The SMILES string of the molecule is CC1(COCc2ccccc2)OC(COCc2ccccc2)Cn2c1cc1cc(NC(=O)C3(c4ccc5c(c4)OC(F)(F)O5)CC3)c(F)cc12. The van der Waals surface area contributed by atoms with Crippen molar-refractivity contribution in [2.45, 2.75) is 62.9 Å². The van der Waals surface area contributed by atoms with E-state index in [1.165, 1.54) is 18.2 Å². The van der Waals surface area contributed by atoms with Crippen molar-refractivity contribution in [2.75, 3.05) is 18.5 Å². The van der Waals surface area contributed by atoms with Gasteiger partial charge in [0.05, 0.1) is 55.3 Å². The first-order valence-electron chi connectivity index (χ1n) is 16.6. The third kappa shape index (κ3) is 6.21. The summed E-state index contributed by atoms with van der Waals surface area (Å²) in [5, 5.41) is 3.49. The largest absolute Gasteiger partial charge is 0.586 e. The van der Waals surface area contributed by atoms with Crippen LogP contribution in [0.5, 0.6) is 11.5 Å². The smallest absolute Gasteiger partial charge is 0.395 e. The minimum atomic E-state index is -3.76. The topological polar surface area (TPSA) is 80.2 Å². The Hall–Kier alpha value is -4.84. The first kappa shape index (κ1) is 32.4. The molecule has 1 saturated carbocycles. The summed E-state index contributed by atoms with van der Waals surface area (Å²) in [7, 11) is 0. The van der Waals surface area contributed by atoms with E-state index >= 15 is 4.39 Å². The summed E-state index contributed by atoms with van der Waals surface area (Å²) in [6, 6.07) is 29.1. The van der Waals surface area contributed by atoms with Crippen LogP contribution in [0.1, 0.15) is 42.1 Å². The predicted molar refractivity (Wildman–Crippen MR) is 179 cm³/mol. The van der Waals surface area contributed by atoms with Gasteiger partial charge in [-0.25, -0.2) is 4.39 Å². The molecule has 2 aliphatic heterocycles. The normalized spacial score (nSPS) is 21.2. The molecular weight excluding hydrogens is 649 g/mol. The van der Waals surface area contributed by atoms with E-state index in [9.17, 15) is 13.6 Å². The van der Waals surface area contributed by atoms with Gasteiger partial charge in [-0.05, 0) is 60.7 Å². The van der Waals surface area contributed by atoms with E-state index in [-0.39, 0.29) is 29.9 Å². The first-order valence-corrected chi connectivity index (χ1v) is 16.6. The van der Waals surface area contributed by atoms with E-state index in [0.717, 1.165) is 22.2 Å². The van der Waals surface area contributed by atoms with E-state index < -0.39 is 29.0 Å². The van der Waals surface area contributed by atoms with Crippen molar-refractivity contribution in [2.24, 2.45) is 0 Å². The molecule has 0 spiro atoms. The van der Waals surface area contributed by atoms with Crippen molar-refractivity contribution in [1.29, 1.82) is 0 Å². The second kappa shape index (κ2) is 12.5. The average Bonchev–Trinajstić information content (AvgIpc) is 3.75. The molecule has 50 heavy (non-hydrogen) atoms. The van der Waals surface area contributed by atoms with Gasteiger partial charge in [0.1, 0.15) is 17.5 Å². The Morgan fingerprint density at radius 1 is 0.880 bits per heavy atom. The van der Waals surface area contributed by atoms with E-state index in [4.69, 9.17) is 14.2 Å². The van der Waals surface area contributed by atoms with Gasteiger partial charge in [0.25, 0.3) is 0 Å². The molecule has 4 aromatic carbocycles. The summed E-state index contributed by atoms with van der Waals surface area (Å²) >= 11 is 0. The van der Waals surface area contributed by atoms with Crippen LogP contribution in [-0.4, -0.2) is 36.1 Å². The van der Waals surface area contributed by atoms with Crippen LogP contribution in [0.3, 0.4) is 0 Å². The third-order valence-corrected chi connectivity index (χ3v) is 9.64. The molecule has 2 atom stereocenters. The van der Waals surface area contributed by atoms with Crippen molar-refractivity contribution < 1.29 is 41.7 Å². The maximum atomic E-state index is 15.8. The molecule has 0 radical (unpaired) electrons. The van der Waals surface area contributed by atoms with Crippen molar-refractivity contribution in [3.05, 3.63) is 125 Å². The Morgan fingerprint density at radius 3 is 2.26 bits per heavy atom. The number of hydrogen-bond acceptors (Lipinski definition) is 6. The van der Waals surface area contributed by atoms with Crippen LogP contribution in [-0.2, 0) is 49.8 Å². The number of ether oxygens (including phenoxy) is 5. The van der Waals surface area contributed by atoms with Gasteiger partial charge < -0.3 is 33.6 Å². The number of benzene rings is 4.